The maximum absolute atomic E-state index is 15.9. The lowest BCUT2D eigenvalue weighted by Gasteiger charge is -2.44. The molecule has 2 saturated heterocycles. The van der Waals surface area contributed by atoms with Crippen molar-refractivity contribution in [3.63, 3.8) is 0 Å². The fourth-order valence-electron chi connectivity index (χ4n) is 5.55. The number of benzene rings is 1. The largest absolute Gasteiger partial charge is 0.416 e. The number of hydrogen-bond donors (Lipinski definition) is 2. The molecule has 2 unspecified atom stereocenters. The highest BCUT2D eigenvalue weighted by Gasteiger charge is 2.36. The fourth-order valence-corrected chi connectivity index (χ4v) is 5.55. The number of halogens is 4. The zero-order valence-electron chi connectivity index (χ0n) is 26.0. The van der Waals surface area contributed by atoms with Gasteiger partial charge in [-0.15, -0.1) is 0 Å². The van der Waals surface area contributed by atoms with Crippen LogP contribution in [0, 0.1) is 5.82 Å². The smallest absolute Gasteiger partial charge is 0.368 e. The summed E-state index contributed by atoms with van der Waals surface area (Å²) in [5, 5.41) is 5.73. The van der Waals surface area contributed by atoms with E-state index in [1.54, 1.807) is 18.5 Å². The molecule has 44 heavy (non-hydrogen) atoms. The van der Waals surface area contributed by atoms with Crippen LogP contribution in [-0.2, 0) is 0 Å². The van der Waals surface area contributed by atoms with Gasteiger partial charge in [-0.3, -0.25) is 4.90 Å². The van der Waals surface area contributed by atoms with Crippen LogP contribution in [0.3, 0.4) is 0 Å². The summed E-state index contributed by atoms with van der Waals surface area (Å²) in [5.74, 6) is 0.0846. The van der Waals surface area contributed by atoms with Crippen LogP contribution in [0.5, 0.6) is 0 Å². The zero-order valence-corrected chi connectivity index (χ0v) is 26.0. The molecule has 2 aromatic rings. The monoisotopic (exact) mass is 614 g/mol. The van der Waals surface area contributed by atoms with Crippen LogP contribution in [0.15, 0.2) is 73.0 Å². The van der Waals surface area contributed by atoms with Crippen LogP contribution >= 0.6 is 0 Å². The molecule has 2 aliphatic heterocycles. The lowest BCUT2D eigenvalue weighted by Crippen LogP contribution is -2.55. The van der Waals surface area contributed by atoms with Gasteiger partial charge in [-0.1, -0.05) is 19.2 Å². The molecule has 12 heteroatoms. The fraction of sp³-hybridized carbons (Fsp3) is 0.438. The Kier molecular flexibility index (Phi) is 10.4. The summed E-state index contributed by atoms with van der Waals surface area (Å²) in [5.41, 5.74) is 0.537. The first-order valence-corrected chi connectivity index (χ1v) is 14.7. The van der Waals surface area contributed by atoms with Crippen molar-refractivity contribution in [1.29, 1.82) is 0 Å². The summed E-state index contributed by atoms with van der Waals surface area (Å²) in [4.78, 5) is 17.6. The van der Waals surface area contributed by atoms with Crippen molar-refractivity contribution >= 4 is 17.3 Å². The van der Waals surface area contributed by atoms with Gasteiger partial charge in [0.2, 0.25) is 5.95 Å². The van der Waals surface area contributed by atoms with E-state index in [0.29, 0.717) is 36.0 Å². The van der Waals surface area contributed by atoms with Crippen molar-refractivity contribution in [3.05, 3.63) is 78.8 Å². The second kappa shape index (κ2) is 13.8. The van der Waals surface area contributed by atoms with Gasteiger partial charge in [0.05, 0.1) is 16.9 Å². The second-order valence-electron chi connectivity index (χ2n) is 11.4. The Balaban J connectivity index is 1.75. The van der Waals surface area contributed by atoms with Gasteiger partial charge in [0.15, 0.2) is 0 Å². The van der Waals surface area contributed by atoms with E-state index < -0.39 is 17.6 Å². The third-order valence-electron chi connectivity index (χ3n) is 8.36. The van der Waals surface area contributed by atoms with Gasteiger partial charge in [-0.2, -0.15) is 13.2 Å². The lowest BCUT2D eigenvalue weighted by atomic mass is 10.0. The highest BCUT2D eigenvalue weighted by molar-refractivity contribution is 5.80. The number of hydrogen-bond acceptors (Lipinski definition) is 8. The standard InChI is InChI=1S/C32H42F4N8/c1-8-27(32(34,35)36)26(18-37-9-2)23(5)40-29-14-25(24-16-38-31(39-17-24)43-12-10-41(6)11-13-43)28(33)15-30(29)44-19-21(3)42(7)22(4)20-44/h8-9,14-18,21-22,37,40H,2,5,10-13,19-20H2,1,3-4,6-7H3/b26-18-,27-8+. The van der Waals surface area contributed by atoms with E-state index in [2.05, 4.69) is 74.3 Å². The van der Waals surface area contributed by atoms with E-state index in [0.717, 1.165) is 32.3 Å². The van der Waals surface area contributed by atoms with Crippen LogP contribution in [0.1, 0.15) is 20.8 Å². The molecule has 8 nitrogen and oxygen atoms in total. The highest BCUT2D eigenvalue weighted by atomic mass is 19.4. The second-order valence-corrected chi connectivity index (χ2v) is 11.4. The van der Waals surface area contributed by atoms with E-state index >= 15 is 4.39 Å². The van der Waals surface area contributed by atoms with Crippen molar-refractivity contribution in [3.8, 4) is 11.1 Å². The minimum atomic E-state index is -4.63. The Morgan fingerprint density at radius 3 is 2.16 bits per heavy atom. The molecular formula is C32H42F4N8. The van der Waals surface area contributed by atoms with Gasteiger partial charge >= 0.3 is 6.18 Å². The first-order valence-electron chi connectivity index (χ1n) is 14.7. The summed E-state index contributed by atoms with van der Waals surface area (Å²) < 4.78 is 57.9. The number of likely N-dealkylation sites (N-methyl/N-ethyl adjacent to an activating group) is 2. The van der Waals surface area contributed by atoms with Crippen LogP contribution in [0.2, 0.25) is 0 Å². The topological polar surface area (TPSA) is 62.8 Å². The minimum Gasteiger partial charge on any atom is -0.368 e. The minimum absolute atomic E-state index is 0.0135. The average Bonchev–Trinajstić information content (AvgIpc) is 2.98. The third-order valence-corrected chi connectivity index (χ3v) is 8.36. The Labute approximate surface area is 257 Å². The molecule has 238 valence electrons. The number of anilines is 3. The maximum atomic E-state index is 15.9. The van der Waals surface area contributed by atoms with Crippen LogP contribution in [0.4, 0.5) is 34.9 Å². The van der Waals surface area contributed by atoms with E-state index in [1.165, 1.54) is 25.4 Å². The van der Waals surface area contributed by atoms with E-state index in [-0.39, 0.29) is 28.9 Å². The molecule has 2 fully saturated rings. The summed E-state index contributed by atoms with van der Waals surface area (Å²) in [6, 6.07) is 3.36. The van der Waals surface area contributed by atoms with Crippen LogP contribution < -0.4 is 20.4 Å². The van der Waals surface area contributed by atoms with Gasteiger partial charge in [-0.25, -0.2) is 14.4 Å². The molecule has 2 N–H and O–H groups in total. The van der Waals surface area contributed by atoms with Crippen molar-refractivity contribution in [2.45, 2.75) is 39.0 Å². The van der Waals surface area contributed by atoms with Crippen LogP contribution in [-0.4, -0.2) is 91.4 Å². The molecular weight excluding hydrogens is 572 g/mol. The SMILES string of the molecule is C=CN/C=C(C(=C)Nc1cc(-c2cnc(N3CCN(C)CC3)nc2)c(F)cc1N1CC(C)N(C)C(C)C1)\C(=C/C)C(F)(F)F. The van der Waals surface area contributed by atoms with E-state index in [4.69, 9.17) is 0 Å². The Hall–Kier alpha value is -3.90. The first-order chi connectivity index (χ1) is 20.8. The summed E-state index contributed by atoms with van der Waals surface area (Å²) >= 11 is 0. The number of nitrogens with zero attached hydrogens (tertiary/aromatic N) is 6. The molecule has 0 saturated carbocycles. The average molecular weight is 615 g/mol. The molecule has 2 aliphatic rings. The predicted octanol–water partition coefficient (Wildman–Crippen LogP) is 5.61. The molecule has 1 aromatic carbocycles. The van der Waals surface area contributed by atoms with Crippen molar-refractivity contribution in [2.24, 2.45) is 0 Å². The Bertz CT molecular complexity index is 1380. The number of nitrogens with one attached hydrogen (secondary N) is 2. The Morgan fingerprint density at radius 2 is 1.61 bits per heavy atom. The lowest BCUT2D eigenvalue weighted by molar-refractivity contribution is -0.0892. The third kappa shape index (κ3) is 7.41. The van der Waals surface area contributed by atoms with Crippen molar-refractivity contribution in [2.75, 3.05) is 68.5 Å². The van der Waals surface area contributed by atoms with Gasteiger partial charge < -0.3 is 25.3 Å². The molecule has 0 radical (unpaired) electrons. The highest BCUT2D eigenvalue weighted by Crippen LogP contribution is 2.39. The Morgan fingerprint density at radius 1 is 1.00 bits per heavy atom. The number of rotatable bonds is 9. The zero-order chi connectivity index (χ0) is 32.2. The van der Waals surface area contributed by atoms with E-state index in [9.17, 15) is 13.2 Å². The molecule has 1 aromatic heterocycles. The normalized spacial score (nSPS) is 20.9. The molecule has 0 spiro atoms. The van der Waals surface area contributed by atoms with Gasteiger partial charge in [0.25, 0.3) is 0 Å². The number of aromatic nitrogens is 2. The summed E-state index contributed by atoms with van der Waals surface area (Å²) in [6.07, 6.45) is 1.99. The van der Waals surface area contributed by atoms with Gasteiger partial charge in [-0.05, 0) is 53.2 Å². The van der Waals surface area contributed by atoms with Gasteiger partial charge in [0.1, 0.15) is 5.82 Å². The van der Waals surface area contributed by atoms with Gasteiger partial charge in [0, 0.05) is 92.3 Å². The molecule has 3 heterocycles. The summed E-state index contributed by atoms with van der Waals surface area (Å²) in [6.45, 7) is 17.6. The first kappa shape index (κ1) is 33.0. The van der Waals surface area contributed by atoms with E-state index in [1.807, 2.05) is 7.05 Å². The molecule has 0 aliphatic carbocycles. The van der Waals surface area contributed by atoms with Crippen LogP contribution in [0.25, 0.3) is 11.1 Å². The predicted molar refractivity (Wildman–Crippen MR) is 170 cm³/mol. The summed E-state index contributed by atoms with van der Waals surface area (Å²) in [7, 11) is 4.11. The molecule has 0 amide bonds. The molecule has 4 rings (SSSR count). The number of allylic oxidation sites excluding steroid dienone is 2. The molecule has 0 bridgehead atoms. The number of alkyl halides is 3. The maximum Gasteiger partial charge on any atom is 0.416 e. The van der Waals surface area contributed by atoms with Crippen molar-refractivity contribution in [1.82, 2.24) is 25.1 Å². The van der Waals surface area contributed by atoms with Crippen molar-refractivity contribution < 1.29 is 17.6 Å². The quantitative estimate of drug-likeness (QED) is 0.279. The number of piperazine rings is 2. The molecule has 2 atom stereocenters.